The van der Waals surface area contributed by atoms with Crippen molar-refractivity contribution < 1.29 is 9.90 Å². The summed E-state index contributed by atoms with van der Waals surface area (Å²) in [6.45, 7) is 0.318. The molecule has 1 saturated carbocycles. The average Bonchev–Trinajstić information content (AvgIpc) is 2.95. The Kier molecular flexibility index (Phi) is 3.63. The summed E-state index contributed by atoms with van der Waals surface area (Å²) in [4.78, 5) is 15.9. The first-order chi connectivity index (χ1) is 8.13. The molecule has 0 aliphatic heterocycles. The number of thiazole rings is 1. The van der Waals surface area contributed by atoms with Crippen molar-refractivity contribution in [3.8, 4) is 0 Å². The van der Waals surface area contributed by atoms with Crippen LogP contribution in [0.25, 0.3) is 0 Å². The minimum atomic E-state index is -0.711. The van der Waals surface area contributed by atoms with E-state index < -0.39 is 5.60 Å². The molecule has 0 bridgehead atoms. The van der Waals surface area contributed by atoms with Gasteiger partial charge in [-0.3, -0.25) is 4.79 Å². The van der Waals surface area contributed by atoms with Crippen LogP contribution < -0.4 is 10.6 Å². The normalized spacial score (nSPS) is 18.0. The van der Waals surface area contributed by atoms with Gasteiger partial charge >= 0.3 is 0 Å². The van der Waals surface area contributed by atoms with Crippen molar-refractivity contribution >= 4 is 22.4 Å². The highest BCUT2D eigenvalue weighted by molar-refractivity contribution is 7.13. The summed E-state index contributed by atoms with van der Waals surface area (Å²) in [7, 11) is 1.77. The SMILES string of the molecule is CNc1nc(C(=O)NCC2(O)CCCC2)cs1. The maximum atomic E-state index is 11.8. The molecule has 2 rings (SSSR count). The lowest BCUT2D eigenvalue weighted by Gasteiger charge is -2.21. The summed E-state index contributed by atoms with van der Waals surface area (Å²) in [5.74, 6) is -0.219. The molecule has 0 atom stereocenters. The second-order valence-corrected chi connectivity index (χ2v) is 5.26. The Balaban J connectivity index is 1.88. The quantitative estimate of drug-likeness (QED) is 0.756. The summed E-state index contributed by atoms with van der Waals surface area (Å²) in [5, 5.41) is 18.2. The average molecular weight is 255 g/mol. The van der Waals surface area contributed by atoms with Crippen LogP contribution in [-0.4, -0.2) is 35.2 Å². The van der Waals surface area contributed by atoms with Crippen LogP contribution in [0.3, 0.4) is 0 Å². The molecule has 6 heteroatoms. The number of nitrogens with one attached hydrogen (secondary N) is 2. The van der Waals surface area contributed by atoms with Crippen molar-refractivity contribution in [3.05, 3.63) is 11.1 Å². The third-order valence-electron chi connectivity index (χ3n) is 3.06. The van der Waals surface area contributed by atoms with Gasteiger partial charge in [0.05, 0.1) is 5.60 Å². The second kappa shape index (κ2) is 5.01. The van der Waals surface area contributed by atoms with Crippen LogP contribution in [-0.2, 0) is 0 Å². The molecule has 3 N–H and O–H groups in total. The molecule has 1 aromatic heterocycles. The molecule has 0 aromatic carbocycles. The number of carbonyl (C=O) groups excluding carboxylic acids is 1. The molecular formula is C11H17N3O2S. The predicted octanol–water partition coefficient (Wildman–Crippen LogP) is 1.22. The van der Waals surface area contributed by atoms with Crippen molar-refractivity contribution in [2.45, 2.75) is 31.3 Å². The fourth-order valence-corrected chi connectivity index (χ4v) is 2.69. The Labute approximate surface area is 104 Å². The van der Waals surface area contributed by atoms with Gasteiger partial charge in [-0.15, -0.1) is 11.3 Å². The van der Waals surface area contributed by atoms with Gasteiger partial charge in [-0.2, -0.15) is 0 Å². The number of aromatic nitrogens is 1. The van der Waals surface area contributed by atoms with E-state index in [4.69, 9.17) is 0 Å². The zero-order chi connectivity index (χ0) is 12.3. The summed E-state index contributed by atoms with van der Waals surface area (Å²) < 4.78 is 0. The first kappa shape index (κ1) is 12.3. The molecule has 0 radical (unpaired) electrons. The van der Waals surface area contributed by atoms with Crippen molar-refractivity contribution in [2.75, 3.05) is 18.9 Å². The first-order valence-corrected chi connectivity index (χ1v) is 6.65. The number of rotatable bonds is 4. The van der Waals surface area contributed by atoms with Crippen LogP contribution >= 0.6 is 11.3 Å². The maximum Gasteiger partial charge on any atom is 0.270 e. The molecule has 1 aliphatic rings. The summed E-state index contributed by atoms with van der Waals surface area (Å²) >= 11 is 1.39. The van der Waals surface area contributed by atoms with E-state index in [0.717, 1.165) is 30.8 Å². The van der Waals surface area contributed by atoms with E-state index in [-0.39, 0.29) is 5.91 Å². The van der Waals surface area contributed by atoms with Gasteiger partial charge < -0.3 is 15.7 Å². The molecule has 1 aliphatic carbocycles. The van der Waals surface area contributed by atoms with Crippen molar-refractivity contribution in [1.29, 1.82) is 0 Å². The van der Waals surface area contributed by atoms with Gasteiger partial charge in [-0.1, -0.05) is 12.8 Å². The Morgan fingerprint density at radius 1 is 1.59 bits per heavy atom. The number of nitrogens with zero attached hydrogens (tertiary/aromatic N) is 1. The molecule has 1 amide bonds. The standard InChI is InChI=1S/C11H17N3O2S/c1-12-10-14-8(6-17-10)9(15)13-7-11(16)4-2-3-5-11/h6,16H,2-5,7H2,1H3,(H,12,14)(H,13,15). The minimum absolute atomic E-state index is 0.219. The second-order valence-electron chi connectivity index (χ2n) is 4.40. The monoisotopic (exact) mass is 255 g/mol. The van der Waals surface area contributed by atoms with Gasteiger partial charge in [0.25, 0.3) is 5.91 Å². The van der Waals surface area contributed by atoms with Gasteiger partial charge in [0.15, 0.2) is 5.13 Å². The highest BCUT2D eigenvalue weighted by atomic mass is 32.1. The lowest BCUT2D eigenvalue weighted by molar-refractivity contribution is 0.0449. The number of anilines is 1. The maximum absolute atomic E-state index is 11.8. The number of aliphatic hydroxyl groups is 1. The molecule has 1 aromatic rings. The molecule has 0 saturated heterocycles. The predicted molar refractivity (Wildman–Crippen MR) is 67.4 cm³/mol. The van der Waals surface area contributed by atoms with Gasteiger partial charge in [0, 0.05) is 19.0 Å². The Bertz CT molecular complexity index is 399. The highest BCUT2D eigenvalue weighted by Crippen LogP contribution is 2.28. The van der Waals surface area contributed by atoms with Crippen LogP contribution in [0.2, 0.25) is 0 Å². The van der Waals surface area contributed by atoms with Crippen LogP contribution in [0, 0.1) is 0 Å². The van der Waals surface area contributed by atoms with E-state index in [1.165, 1.54) is 11.3 Å². The van der Waals surface area contributed by atoms with E-state index in [2.05, 4.69) is 15.6 Å². The van der Waals surface area contributed by atoms with Gasteiger partial charge in [0.1, 0.15) is 5.69 Å². The molecule has 94 valence electrons. The Hall–Kier alpha value is -1.14. The van der Waals surface area contributed by atoms with Crippen molar-refractivity contribution in [3.63, 3.8) is 0 Å². The third-order valence-corrected chi connectivity index (χ3v) is 3.92. The first-order valence-electron chi connectivity index (χ1n) is 5.77. The molecular weight excluding hydrogens is 238 g/mol. The fraction of sp³-hybridized carbons (Fsp3) is 0.636. The largest absolute Gasteiger partial charge is 0.388 e. The lowest BCUT2D eigenvalue weighted by Crippen LogP contribution is -2.40. The van der Waals surface area contributed by atoms with E-state index in [9.17, 15) is 9.90 Å². The van der Waals surface area contributed by atoms with E-state index >= 15 is 0 Å². The zero-order valence-electron chi connectivity index (χ0n) is 9.82. The van der Waals surface area contributed by atoms with E-state index in [1.54, 1.807) is 12.4 Å². The minimum Gasteiger partial charge on any atom is -0.388 e. The Morgan fingerprint density at radius 2 is 2.29 bits per heavy atom. The number of hydrogen-bond donors (Lipinski definition) is 3. The summed E-state index contributed by atoms with van der Waals surface area (Å²) in [6, 6.07) is 0. The van der Waals surface area contributed by atoms with Crippen molar-refractivity contribution in [2.24, 2.45) is 0 Å². The van der Waals surface area contributed by atoms with Crippen LogP contribution in [0.4, 0.5) is 5.13 Å². The zero-order valence-corrected chi connectivity index (χ0v) is 10.6. The molecule has 0 unspecified atom stereocenters. The van der Waals surface area contributed by atoms with Crippen LogP contribution in [0.1, 0.15) is 36.2 Å². The van der Waals surface area contributed by atoms with Crippen molar-refractivity contribution in [1.82, 2.24) is 10.3 Å². The number of carbonyl (C=O) groups is 1. The molecule has 1 heterocycles. The lowest BCUT2D eigenvalue weighted by atomic mass is 10.0. The van der Waals surface area contributed by atoms with Crippen LogP contribution in [0.15, 0.2) is 5.38 Å². The molecule has 1 fully saturated rings. The summed E-state index contributed by atoms with van der Waals surface area (Å²) in [5.41, 5.74) is -0.307. The molecule has 0 spiro atoms. The smallest absolute Gasteiger partial charge is 0.270 e. The topological polar surface area (TPSA) is 74.2 Å². The molecule has 17 heavy (non-hydrogen) atoms. The number of hydrogen-bond acceptors (Lipinski definition) is 5. The highest BCUT2D eigenvalue weighted by Gasteiger charge is 2.31. The van der Waals surface area contributed by atoms with Crippen LogP contribution in [0.5, 0.6) is 0 Å². The summed E-state index contributed by atoms with van der Waals surface area (Å²) in [6.07, 6.45) is 3.61. The Morgan fingerprint density at radius 3 is 2.88 bits per heavy atom. The van der Waals surface area contributed by atoms with E-state index in [0.29, 0.717) is 12.2 Å². The van der Waals surface area contributed by atoms with Gasteiger partial charge in [-0.25, -0.2) is 4.98 Å². The van der Waals surface area contributed by atoms with Gasteiger partial charge in [0.2, 0.25) is 0 Å². The van der Waals surface area contributed by atoms with E-state index in [1.807, 2.05) is 0 Å². The molecule has 5 nitrogen and oxygen atoms in total. The number of amides is 1. The fourth-order valence-electron chi connectivity index (χ4n) is 2.04. The van der Waals surface area contributed by atoms with Gasteiger partial charge in [-0.05, 0) is 12.8 Å². The third kappa shape index (κ3) is 2.95.